The van der Waals surface area contributed by atoms with Crippen molar-refractivity contribution in [3.63, 3.8) is 0 Å². The van der Waals surface area contributed by atoms with Crippen LogP contribution in [0.5, 0.6) is 0 Å². The molecule has 0 fully saturated rings. The molecule has 0 bridgehead atoms. The van der Waals surface area contributed by atoms with Gasteiger partial charge in [-0.25, -0.2) is 18.1 Å². The van der Waals surface area contributed by atoms with E-state index in [0.717, 1.165) is 6.20 Å². The second kappa shape index (κ2) is 11.6. The number of ether oxygens (including phenoxy) is 1. The molecule has 0 aliphatic heterocycles. The predicted molar refractivity (Wildman–Crippen MR) is 120 cm³/mol. The van der Waals surface area contributed by atoms with Gasteiger partial charge in [0.15, 0.2) is 22.6 Å². The second-order valence-electron chi connectivity index (χ2n) is 6.37. The zero-order valence-corrected chi connectivity index (χ0v) is 19.0. The number of carbonyl (C=O) groups excluding carboxylic acids is 1. The van der Waals surface area contributed by atoms with Gasteiger partial charge in [-0.3, -0.25) is 15.1 Å². The summed E-state index contributed by atoms with van der Waals surface area (Å²) < 4.78 is 45.2. The van der Waals surface area contributed by atoms with Crippen LogP contribution in [0, 0.1) is 5.13 Å². The SMILES string of the molecule is COCCNS(=O)(=O)c1ccc(/C(=N\OCc2ccccn2)C(=O)Nc2ncc(F)s2)cc1. The lowest BCUT2D eigenvalue weighted by atomic mass is 10.1. The average molecular weight is 494 g/mol. The van der Waals surface area contributed by atoms with E-state index in [4.69, 9.17) is 9.57 Å². The normalized spacial score (nSPS) is 11.9. The Morgan fingerprint density at radius 3 is 2.61 bits per heavy atom. The molecule has 3 aromatic rings. The van der Waals surface area contributed by atoms with E-state index >= 15 is 0 Å². The van der Waals surface area contributed by atoms with Crippen molar-refractivity contribution in [2.24, 2.45) is 5.16 Å². The van der Waals surface area contributed by atoms with Gasteiger partial charge in [0, 0.05) is 25.4 Å². The van der Waals surface area contributed by atoms with E-state index in [0.29, 0.717) is 17.0 Å². The van der Waals surface area contributed by atoms with Gasteiger partial charge in [-0.05, 0) is 24.3 Å². The zero-order chi connectivity index (χ0) is 23.7. The van der Waals surface area contributed by atoms with Gasteiger partial charge in [-0.2, -0.15) is 4.39 Å². The second-order valence-corrected chi connectivity index (χ2v) is 9.12. The molecule has 2 heterocycles. The summed E-state index contributed by atoms with van der Waals surface area (Å²) >= 11 is 0.651. The molecule has 0 radical (unpaired) electrons. The third-order valence-corrected chi connectivity index (χ3v) is 6.22. The minimum Gasteiger partial charge on any atom is -0.389 e. The van der Waals surface area contributed by atoms with E-state index in [-0.39, 0.29) is 41.1 Å². The Balaban J connectivity index is 1.81. The van der Waals surface area contributed by atoms with Gasteiger partial charge in [-0.1, -0.05) is 34.7 Å². The maximum Gasteiger partial charge on any atom is 0.280 e. The molecule has 0 unspecified atom stereocenters. The number of carbonyl (C=O) groups is 1. The fourth-order valence-corrected chi connectivity index (χ4v) is 4.05. The minimum atomic E-state index is -3.75. The highest BCUT2D eigenvalue weighted by Gasteiger charge is 2.19. The van der Waals surface area contributed by atoms with Gasteiger partial charge < -0.3 is 9.57 Å². The third-order valence-electron chi connectivity index (χ3n) is 4.04. The molecule has 1 aromatic carbocycles. The molecule has 0 saturated heterocycles. The summed E-state index contributed by atoms with van der Waals surface area (Å²) in [7, 11) is -2.29. The number of aromatic nitrogens is 2. The molecule has 2 aromatic heterocycles. The first-order valence-corrected chi connectivity index (χ1v) is 11.8. The van der Waals surface area contributed by atoms with Crippen molar-refractivity contribution in [1.82, 2.24) is 14.7 Å². The van der Waals surface area contributed by atoms with Crippen LogP contribution in [0.2, 0.25) is 0 Å². The highest BCUT2D eigenvalue weighted by Crippen LogP contribution is 2.17. The molecule has 2 N–H and O–H groups in total. The lowest BCUT2D eigenvalue weighted by Crippen LogP contribution is -2.27. The Bertz CT molecular complexity index is 1200. The number of methoxy groups -OCH3 is 1. The van der Waals surface area contributed by atoms with Crippen LogP contribution in [0.15, 0.2) is 64.9 Å². The number of sulfonamides is 1. The van der Waals surface area contributed by atoms with Crippen molar-refractivity contribution in [2.45, 2.75) is 11.5 Å². The van der Waals surface area contributed by atoms with E-state index in [1.165, 1.54) is 31.4 Å². The van der Waals surface area contributed by atoms with E-state index in [2.05, 4.69) is 25.2 Å². The van der Waals surface area contributed by atoms with Crippen LogP contribution in [0.1, 0.15) is 11.3 Å². The maximum atomic E-state index is 13.2. The van der Waals surface area contributed by atoms with Crippen molar-refractivity contribution in [3.05, 3.63) is 71.2 Å². The number of hydrogen-bond acceptors (Lipinski definition) is 9. The van der Waals surface area contributed by atoms with Gasteiger partial charge in [0.25, 0.3) is 5.91 Å². The molecule has 3 rings (SSSR count). The molecule has 1 amide bonds. The summed E-state index contributed by atoms with van der Waals surface area (Å²) in [6, 6.07) is 10.7. The summed E-state index contributed by atoms with van der Waals surface area (Å²) in [5, 5.41) is 5.83. The van der Waals surface area contributed by atoms with E-state index in [1.807, 2.05) is 0 Å². The Morgan fingerprint density at radius 1 is 1.18 bits per heavy atom. The van der Waals surface area contributed by atoms with Crippen molar-refractivity contribution >= 4 is 38.1 Å². The standard InChI is InChI=1S/C20H20FN5O5S2/c1-30-11-10-24-33(28,29)16-7-5-14(6-8-16)18(19(27)25-20-23-12-17(21)32-20)26-31-13-15-4-2-3-9-22-15/h2-9,12,24H,10-11,13H2,1H3,(H,23,25,27)/b26-18+. The first kappa shape index (κ1) is 24.4. The van der Waals surface area contributed by atoms with Crippen LogP contribution in [0.4, 0.5) is 9.52 Å². The molecular weight excluding hydrogens is 473 g/mol. The fraction of sp³-hybridized carbons (Fsp3) is 0.200. The first-order valence-electron chi connectivity index (χ1n) is 9.50. The summed E-state index contributed by atoms with van der Waals surface area (Å²) in [6.07, 6.45) is 2.57. The lowest BCUT2D eigenvalue weighted by molar-refractivity contribution is -0.110. The molecule has 0 saturated carbocycles. The van der Waals surface area contributed by atoms with Gasteiger partial charge >= 0.3 is 0 Å². The van der Waals surface area contributed by atoms with E-state index in [9.17, 15) is 17.6 Å². The largest absolute Gasteiger partial charge is 0.389 e. The fourth-order valence-electron chi connectivity index (χ4n) is 2.49. The number of benzene rings is 1. The van der Waals surface area contributed by atoms with Gasteiger partial charge in [0.2, 0.25) is 10.0 Å². The molecule has 13 heteroatoms. The van der Waals surface area contributed by atoms with Crippen molar-refractivity contribution in [2.75, 3.05) is 25.6 Å². The lowest BCUT2D eigenvalue weighted by Gasteiger charge is -2.09. The smallest absolute Gasteiger partial charge is 0.280 e. The summed E-state index contributed by atoms with van der Waals surface area (Å²) in [4.78, 5) is 25.9. The van der Waals surface area contributed by atoms with Gasteiger partial charge in [0.05, 0.1) is 23.4 Å². The number of nitrogens with zero attached hydrogens (tertiary/aromatic N) is 3. The number of amides is 1. The summed E-state index contributed by atoms with van der Waals surface area (Å²) in [5.41, 5.74) is 0.714. The molecular formula is C20H20FN5O5S2. The maximum absolute atomic E-state index is 13.2. The third kappa shape index (κ3) is 7.12. The monoisotopic (exact) mass is 493 g/mol. The number of pyridine rings is 1. The average Bonchev–Trinajstić information content (AvgIpc) is 3.22. The zero-order valence-electron chi connectivity index (χ0n) is 17.4. The van der Waals surface area contributed by atoms with Crippen LogP contribution in [0.3, 0.4) is 0 Å². The molecule has 10 nitrogen and oxygen atoms in total. The molecule has 33 heavy (non-hydrogen) atoms. The number of rotatable bonds is 11. The molecule has 0 aliphatic rings. The van der Waals surface area contributed by atoms with Crippen LogP contribution in [0.25, 0.3) is 0 Å². The number of thiazole rings is 1. The highest BCUT2D eigenvalue weighted by molar-refractivity contribution is 7.89. The van der Waals surface area contributed by atoms with Gasteiger partial charge in [0.1, 0.15) is 0 Å². The van der Waals surface area contributed by atoms with Crippen molar-refractivity contribution in [1.29, 1.82) is 0 Å². The number of anilines is 1. The van der Waals surface area contributed by atoms with Crippen molar-refractivity contribution < 1.29 is 27.2 Å². The molecule has 174 valence electrons. The first-order chi connectivity index (χ1) is 15.9. The Kier molecular flexibility index (Phi) is 8.54. The Hall–Kier alpha value is -3.26. The Morgan fingerprint density at radius 2 is 1.97 bits per heavy atom. The number of oxime groups is 1. The Labute approximate surface area is 193 Å². The summed E-state index contributed by atoms with van der Waals surface area (Å²) in [6.45, 7) is 0.333. The number of hydrogen-bond donors (Lipinski definition) is 2. The molecule has 0 atom stereocenters. The topological polar surface area (TPSA) is 132 Å². The quantitative estimate of drug-likeness (QED) is 0.238. The molecule has 0 spiro atoms. The van der Waals surface area contributed by atoms with Crippen LogP contribution >= 0.6 is 11.3 Å². The molecule has 0 aliphatic carbocycles. The van der Waals surface area contributed by atoms with Crippen LogP contribution in [-0.4, -0.2) is 50.3 Å². The number of halogens is 1. The summed E-state index contributed by atoms with van der Waals surface area (Å²) in [5.74, 6) is -0.709. The van der Waals surface area contributed by atoms with E-state index in [1.54, 1.807) is 24.4 Å². The van der Waals surface area contributed by atoms with Crippen LogP contribution in [-0.2, 0) is 31.0 Å². The van der Waals surface area contributed by atoms with Gasteiger partial charge in [-0.15, -0.1) is 0 Å². The number of nitrogens with one attached hydrogen (secondary N) is 2. The highest BCUT2D eigenvalue weighted by atomic mass is 32.2. The minimum absolute atomic E-state index is 0.000613. The van der Waals surface area contributed by atoms with E-state index < -0.39 is 21.1 Å². The predicted octanol–water partition coefficient (Wildman–Crippen LogP) is 2.16. The van der Waals surface area contributed by atoms with Crippen molar-refractivity contribution in [3.8, 4) is 0 Å². The van der Waals surface area contributed by atoms with Crippen LogP contribution < -0.4 is 10.0 Å².